The smallest absolute Gasteiger partial charge is 0.226 e. The van der Waals surface area contributed by atoms with E-state index >= 15 is 0 Å². The summed E-state index contributed by atoms with van der Waals surface area (Å²) in [7, 11) is 1.76. The van der Waals surface area contributed by atoms with E-state index in [9.17, 15) is 4.79 Å². The van der Waals surface area contributed by atoms with Gasteiger partial charge in [-0.05, 0) is 45.2 Å². The van der Waals surface area contributed by atoms with E-state index in [1.165, 1.54) is 25.9 Å². The molecule has 0 aromatic rings. The van der Waals surface area contributed by atoms with Crippen molar-refractivity contribution in [3.05, 3.63) is 0 Å². The van der Waals surface area contributed by atoms with E-state index in [4.69, 9.17) is 9.47 Å². The Morgan fingerprint density at radius 1 is 1.24 bits per heavy atom. The van der Waals surface area contributed by atoms with E-state index in [0.29, 0.717) is 11.9 Å². The maximum Gasteiger partial charge on any atom is 0.226 e. The largest absolute Gasteiger partial charge is 0.381 e. The molecule has 0 aromatic heterocycles. The normalized spacial score (nSPS) is 32.0. The molecule has 5 heteroatoms. The highest BCUT2D eigenvalue weighted by Gasteiger charge is 2.39. The quantitative estimate of drug-likeness (QED) is 0.780. The Labute approximate surface area is 127 Å². The van der Waals surface area contributed by atoms with Gasteiger partial charge in [0, 0.05) is 45.4 Å². The Morgan fingerprint density at radius 3 is 2.62 bits per heavy atom. The van der Waals surface area contributed by atoms with Crippen molar-refractivity contribution in [2.24, 2.45) is 5.92 Å². The first-order valence-corrected chi connectivity index (χ1v) is 8.41. The lowest BCUT2D eigenvalue weighted by atomic mass is 9.98. The van der Waals surface area contributed by atoms with Crippen LogP contribution in [-0.2, 0) is 14.3 Å². The first kappa shape index (κ1) is 15.3. The number of carbonyl (C=O) groups excluding carboxylic acids is 1. The lowest BCUT2D eigenvalue weighted by Crippen LogP contribution is -2.46. The molecule has 0 unspecified atom stereocenters. The third-order valence-corrected chi connectivity index (χ3v) is 5.23. The number of methoxy groups -OCH3 is 1. The summed E-state index contributed by atoms with van der Waals surface area (Å²) in [4.78, 5) is 17.5. The van der Waals surface area contributed by atoms with Crippen molar-refractivity contribution >= 4 is 5.91 Å². The molecule has 21 heavy (non-hydrogen) atoms. The van der Waals surface area contributed by atoms with Crippen LogP contribution in [0.15, 0.2) is 0 Å². The fraction of sp³-hybridized carbons (Fsp3) is 0.938. The van der Waals surface area contributed by atoms with Gasteiger partial charge in [-0.15, -0.1) is 0 Å². The summed E-state index contributed by atoms with van der Waals surface area (Å²) in [6, 6.07) is 0.336. The summed E-state index contributed by atoms with van der Waals surface area (Å²) >= 11 is 0. The molecule has 0 N–H and O–H groups in total. The summed E-state index contributed by atoms with van der Waals surface area (Å²) in [5.41, 5.74) is 0. The summed E-state index contributed by atoms with van der Waals surface area (Å²) in [5.74, 6) is 0.498. The average molecular weight is 296 g/mol. The lowest BCUT2D eigenvalue weighted by Gasteiger charge is -2.32. The minimum absolute atomic E-state index is 0.162. The number of hydrogen-bond acceptors (Lipinski definition) is 4. The van der Waals surface area contributed by atoms with Crippen LogP contribution < -0.4 is 0 Å². The second-order valence-electron chi connectivity index (χ2n) is 6.63. The van der Waals surface area contributed by atoms with Gasteiger partial charge in [0.15, 0.2) is 0 Å². The van der Waals surface area contributed by atoms with E-state index in [1.807, 2.05) is 0 Å². The first-order valence-electron chi connectivity index (χ1n) is 8.41. The summed E-state index contributed by atoms with van der Waals surface area (Å²) < 4.78 is 10.9. The fourth-order valence-electron chi connectivity index (χ4n) is 3.93. The molecule has 3 heterocycles. The molecule has 120 valence electrons. The van der Waals surface area contributed by atoms with E-state index in [2.05, 4.69) is 9.80 Å². The maximum absolute atomic E-state index is 12.8. The van der Waals surface area contributed by atoms with Gasteiger partial charge in [0.05, 0.1) is 6.10 Å². The third kappa shape index (κ3) is 3.58. The Balaban J connectivity index is 1.62. The molecule has 5 nitrogen and oxygen atoms in total. The first-order chi connectivity index (χ1) is 10.3. The molecule has 0 aliphatic carbocycles. The van der Waals surface area contributed by atoms with Gasteiger partial charge in [-0.2, -0.15) is 0 Å². The van der Waals surface area contributed by atoms with Crippen LogP contribution in [-0.4, -0.2) is 74.4 Å². The second kappa shape index (κ2) is 7.07. The molecular formula is C16H28N2O3. The SMILES string of the molecule is CO[C@H]1C[C@@H](CN2CCCC2)N(C(=O)C2CCOCC2)C1. The molecule has 1 amide bonds. The van der Waals surface area contributed by atoms with Crippen LogP contribution in [0.3, 0.4) is 0 Å². The second-order valence-corrected chi connectivity index (χ2v) is 6.63. The molecule has 2 atom stereocenters. The molecule has 3 aliphatic heterocycles. The van der Waals surface area contributed by atoms with Crippen LogP contribution in [0.5, 0.6) is 0 Å². The predicted molar refractivity (Wildman–Crippen MR) is 80.1 cm³/mol. The number of amides is 1. The fourth-order valence-corrected chi connectivity index (χ4v) is 3.93. The maximum atomic E-state index is 12.8. The van der Waals surface area contributed by atoms with Gasteiger partial charge in [0.25, 0.3) is 0 Å². The van der Waals surface area contributed by atoms with Gasteiger partial charge in [-0.3, -0.25) is 4.79 Å². The van der Waals surface area contributed by atoms with Gasteiger partial charge < -0.3 is 19.3 Å². The van der Waals surface area contributed by atoms with E-state index in [1.54, 1.807) is 7.11 Å². The van der Waals surface area contributed by atoms with Crippen molar-refractivity contribution in [2.75, 3.05) is 46.5 Å². The molecule has 0 bridgehead atoms. The lowest BCUT2D eigenvalue weighted by molar-refractivity contribution is -0.140. The number of ether oxygens (including phenoxy) is 2. The van der Waals surface area contributed by atoms with Crippen LogP contribution in [0.25, 0.3) is 0 Å². The van der Waals surface area contributed by atoms with E-state index in [0.717, 1.165) is 45.6 Å². The zero-order valence-corrected chi connectivity index (χ0v) is 13.1. The molecule has 0 radical (unpaired) electrons. The van der Waals surface area contributed by atoms with E-state index < -0.39 is 0 Å². The number of hydrogen-bond donors (Lipinski definition) is 0. The molecule has 3 fully saturated rings. The minimum atomic E-state index is 0.162. The van der Waals surface area contributed by atoms with Gasteiger partial charge in [-0.25, -0.2) is 0 Å². The van der Waals surface area contributed by atoms with Crippen molar-refractivity contribution in [1.82, 2.24) is 9.80 Å². The van der Waals surface area contributed by atoms with Crippen LogP contribution in [0.2, 0.25) is 0 Å². The van der Waals surface area contributed by atoms with Crippen LogP contribution >= 0.6 is 0 Å². The Morgan fingerprint density at radius 2 is 1.95 bits per heavy atom. The van der Waals surface area contributed by atoms with Gasteiger partial charge in [0.2, 0.25) is 5.91 Å². The third-order valence-electron chi connectivity index (χ3n) is 5.23. The number of carbonyl (C=O) groups is 1. The predicted octanol–water partition coefficient (Wildman–Crippen LogP) is 1.12. The summed E-state index contributed by atoms with van der Waals surface area (Å²) in [6.45, 7) is 5.63. The highest BCUT2D eigenvalue weighted by atomic mass is 16.5. The zero-order valence-electron chi connectivity index (χ0n) is 13.1. The molecule has 0 saturated carbocycles. The monoisotopic (exact) mass is 296 g/mol. The van der Waals surface area contributed by atoms with Gasteiger partial charge >= 0.3 is 0 Å². The average Bonchev–Trinajstić information content (AvgIpc) is 3.17. The number of nitrogens with zero attached hydrogens (tertiary/aromatic N) is 2. The highest BCUT2D eigenvalue weighted by molar-refractivity contribution is 5.79. The van der Waals surface area contributed by atoms with Crippen molar-refractivity contribution < 1.29 is 14.3 Å². The van der Waals surface area contributed by atoms with Crippen LogP contribution in [0.4, 0.5) is 0 Å². The summed E-state index contributed by atoms with van der Waals surface area (Å²) in [5, 5.41) is 0. The molecule has 3 rings (SSSR count). The van der Waals surface area contributed by atoms with Gasteiger partial charge in [-0.1, -0.05) is 0 Å². The van der Waals surface area contributed by atoms with Crippen molar-refractivity contribution in [2.45, 2.75) is 44.2 Å². The van der Waals surface area contributed by atoms with Crippen molar-refractivity contribution in [3.8, 4) is 0 Å². The zero-order chi connectivity index (χ0) is 14.7. The highest BCUT2D eigenvalue weighted by Crippen LogP contribution is 2.27. The summed E-state index contributed by atoms with van der Waals surface area (Å²) in [6.07, 6.45) is 5.55. The number of rotatable bonds is 4. The number of likely N-dealkylation sites (tertiary alicyclic amines) is 2. The molecule has 0 spiro atoms. The molecule has 0 aromatic carbocycles. The van der Waals surface area contributed by atoms with Crippen LogP contribution in [0, 0.1) is 5.92 Å². The standard InChI is InChI=1S/C16H28N2O3/c1-20-15-10-14(11-17-6-2-3-7-17)18(12-15)16(19)13-4-8-21-9-5-13/h13-15H,2-12H2,1H3/t14-,15-/m0/s1. The Hall–Kier alpha value is -0.650. The van der Waals surface area contributed by atoms with E-state index in [-0.39, 0.29) is 12.0 Å². The van der Waals surface area contributed by atoms with Gasteiger partial charge in [0.1, 0.15) is 0 Å². The molecular weight excluding hydrogens is 268 g/mol. The topological polar surface area (TPSA) is 42.0 Å². The van der Waals surface area contributed by atoms with Crippen molar-refractivity contribution in [3.63, 3.8) is 0 Å². The molecule has 3 aliphatic rings. The molecule has 3 saturated heterocycles. The Kier molecular flexibility index (Phi) is 5.14. The van der Waals surface area contributed by atoms with Crippen molar-refractivity contribution in [1.29, 1.82) is 0 Å². The Bertz CT molecular complexity index is 351. The minimum Gasteiger partial charge on any atom is -0.381 e. The van der Waals surface area contributed by atoms with Crippen LogP contribution in [0.1, 0.15) is 32.1 Å².